The summed E-state index contributed by atoms with van der Waals surface area (Å²) in [4.78, 5) is 15.6. The van der Waals surface area contributed by atoms with Crippen molar-refractivity contribution in [2.45, 2.75) is 0 Å². The first-order valence-corrected chi connectivity index (χ1v) is 22.0. The highest BCUT2D eigenvalue weighted by molar-refractivity contribution is 6.27. The lowest BCUT2D eigenvalue weighted by atomic mass is 9.81. The quantitative estimate of drug-likeness (QED) is 0.157. The Morgan fingerprint density at radius 3 is 1.42 bits per heavy atom. The molecule has 2 heterocycles. The minimum absolute atomic E-state index is 0.558. The van der Waals surface area contributed by atoms with Crippen LogP contribution in [0, 0.1) is 0 Å². The van der Waals surface area contributed by atoms with Gasteiger partial charge in [-0.2, -0.15) is 0 Å². The summed E-state index contributed by atoms with van der Waals surface area (Å²) >= 11 is 0. The van der Waals surface area contributed by atoms with Crippen molar-refractivity contribution >= 4 is 65.0 Å². The minimum Gasteiger partial charge on any atom is -0.455 e. The lowest BCUT2D eigenvalue weighted by Gasteiger charge is -2.22. The molecule has 0 amide bonds. The molecule has 0 spiro atoms. The summed E-state index contributed by atoms with van der Waals surface area (Å²) in [5, 5.41) is 11.5. The van der Waals surface area contributed by atoms with Crippen LogP contribution in [0.2, 0.25) is 0 Å². The molecule has 0 atom stereocenters. The Morgan fingerprint density at radius 2 is 0.723 bits per heavy atom. The molecule has 0 radical (unpaired) electrons. The molecule has 65 heavy (non-hydrogen) atoms. The van der Waals surface area contributed by atoms with E-state index >= 15 is 0 Å². The van der Waals surface area contributed by atoms with Crippen LogP contribution in [-0.2, 0) is 0 Å². The van der Waals surface area contributed by atoms with Gasteiger partial charge in [0.2, 0.25) is 0 Å². The van der Waals surface area contributed by atoms with Gasteiger partial charge >= 0.3 is 0 Å². The smallest absolute Gasteiger partial charge is 0.167 e. The fourth-order valence-electron chi connectivity index (χ4n) is 10.1. The highest BCUT2D eigenvalue weighted by Gasteiger charge is 2.24. The predicted octanol–water partition coefficient (Wildman–Crippen LogP) is 16.4. The van der Waals surface area contributed by atoms with Gasteiger partial charge in [-0.15, -0.1) is 0 Å². The largest absolute Gasteiger partial charge is 0.455 e. The van der Waals surface area contributed by atoms with Crippen molar-refractivity contribution in [3.8, 4) is 67.5 Å². The summed E-state index contributed by atoms with van der Waals surface area (Å²) in [5.74, 6) is 1.75. The average Bonchev–Trinajstić information content (AvgIpc) is 3.77. The highest BCUT2D eigenvalue weighted by atomic mass is 16.3. The molecule has 0 aliphatic heterocycles. The topological polar surface area (TPSA) is 51.8 Å². The summed E-state index contributed by atoms with van der Waals surface area (Å²) in [6.07, 6.45) is 0. The number of fused-ring (bicyclic) bond motifs is 7. The van der Waals surface area contributed by atoms with Crippen molar-refractivity contribution in [3.63, 3.8) is 0 Å². The number of para-hydroxylation sites is 2. The first-order chi connectivity index (χ1) is 32.3. The summed E-state index contributed by atoms with van der Waals surface area (Å²) < 4.78 is 6.52. The second-order valence-electron chi connectivity index (χ2n) is 16.6. The van der Waals surface area contributed by atoms with Crippen molar-refractivity contribution < 1.29 is 4.42 Å². The van der Waals surface area contributed by atoms with E-state index < -0.39 is 0 Å². The third kappa shape index (κ3) is 5.96. The van der Waals surface area contributed by atoms with Crippen molar-refractivity contribution in [3.05, 3.63) is 224 Å². The molecule has 4 nitrogen and oxygen atoms in total. The molecular formula is C61H37N3O. The second kappa shape index (κ2) is 15.0. The highest BCUT2D eigenvalue weighted by Crippen LogP contribution is 2.50. The molecule has 0 N–H and O–H groups in total. The van der Waals surface area contributed by atoms with E-state index in [4.69, 9.17) is 19.4 Å². The summed E-state index contributed by atoms with van der Waals surface area (Å²) in [6.45, 7) is 0. The Balaban J connectivity index is 1.06. The molecule has 0 fully saturated rings. The maximum absolute atomic E-state index is 6.52. The van der Waals surface area contributed by atoms with Gasteiger partial charge in [0.05, 0.1) is 5.56 Å². The van der Waals surface area contributed by atoms with Gasteiger partial charge < -0.3 is 4.42 Å². The van der Waals surface area contributed by atoms with E-state index in [1.54, 1.807) is 0 Å². The van der Waals surface area contributed by atoms with Crippen LogP contribution in [0.1, 0.15) is 0 Å². The Kier molecular flexibility index (Phi) is 8.50. The SMILES string of the molecule is c1ccc(-c2nc(-c3ccc(-c4c5ccccc5c(-c5c(-c6ccccc6)ccc6ccccc56)c5ccccc45)c4ccccc34)nc(-c3cccc4c3oc3ccccc34)n2)cc1. The molecule has 0 unspecified atom stereocenters. The van der Waals surface area contributed by atoms with E-state index in [1.165, 1.54) is 60.1 Å². The van der Waals surface area contributed by atoms with Gasteiger partial charge in [0.25, 0.3) is 0 Å². The van der Waals surface area contributed by atoms with Crippen LogP contribution in [0.25, 0.3) is 133 Å². The maximum atomic E-state index is 6.52. The fourth-order valence-corrected chi connectivity index (χ4v) is 10.1. The van der Waals surface area contributed by atoms with E-state index in [1.807, 2.05) is 54.6 Å². The third-order valence-electron chi connectivity index (χ3n) is 12.9. The first-order valence-electron chi connectivity index (χ1n) is 22.0. The zero-order chi connectivity index (χ0) is 42.8. The monoisotopic (exact) mass is 827 g/mol. The summed E-state index contributed by atoms with van der Waals surface area (Å²) in [5.41, 5.74) is 11.5. The minimum atomic E-state index is 0.558. The van der Waals surface area contributed by atoms with Crippen molar-refractivity contribution in [1.29, 1.82) is 0 Å². The van der Waals surface area contributed by atoms with Crippen molar-refractivity contribution in [2.24, 2.45) is 0 Å². The van der Waals surface area contributed by atoms with Gasteiger partial charge in [-0.25, -0.2) is 15.0 Å². The van der Waals surface area contributed by atoms with Crippen LogP contribution in [0.5, 0.6) is 0 Å². The van der Waals surface area contributed by atoms with Crippen LogP contribution in [0.4, 0.5) is 0 Å². The summed E-state index contributed by atoms with van der Waals surface area (Å²) in [7, 11) is 0. The number of hydrogen-bond donors (Lipinski definition) is 0. The van der Waals surface area contributed by atoms with Gasteiger partial charge in [-0.05, 0) is 94.7 Å². The second-order valence-corrected chi connectivity index (χ2v) is 16.6. The van der Waals surface area contributed by atoms with E-state index in [-0.39, 0.29) is 0 Å². The zero-order valence-corrected chi connectivity index (χ0v) is 35.1. The van der Waals surface area contributed by atoms with Crippen LogP contribution >= 0.6 is 0 Å². The number of hydrogen-bond acceptors (Lipinski definition) is 4. The van der Waals surface area contributed by atoms with Gasteiger partial charge in [0.15, 0.2) is 17.5 Å². The molecule has 0 aliphatic rings. The molecule has 302 valence electrons. The Bertz CT molecular complexity index is 3950. The van der Waals surface area contributed by atoms with Crippen LogP contribution in [0.3, 0.4) is 0 Å². The lowest BCUT2D eigenvalue weighted by Crippen LogP contribution is -2.01. The number of benzene rings is 11. The Labute approximate surface area is 374 Å². The Hall–Kier alpha value is -8.73. The van der Waals surface area contributed by atoms with E-state index in [9.17, 15) is 0 Å². The van der Waals surface area contributed by atoms with Crippen LogP contribution in [-0.4, -0.2) is 15.0 Å². The fraction of sp³-hybridized carbons (Fsp3) is 0. The normalized spacial score (nSPS) is 11.7. The molecule has 0 saturated heterocycles. The van der Waals surface area contributed by atoms with Gasteiger partial charge in [-0.3, -0.25) is 0 Å². The van der Waals surface area contributed by atoms with E-state index in [0.717, 1.165) is 55.0 Å². The first kappa shape index (κ1) is 36.9. The number of nitrogens with zero attached hydrogens (tertiary/aromatic N) is 3. The molecular weight excluding hydrogens is 791 g/mol. The number of aromatic nitrogens is 3. The van der Waals surface area contributed by atoms with Gasteiger partial charge in [0, 0.05) is 21.9 Å². The third-order valence-corrected chi connectivity index (χ3v) is 12.9. The lowest BCUT2D eigenvalue weighted by molar-refractivity contribution is 0.669. The van der Waals surface area contributed by atoms with Crippen molar-refractivity contribution in [1.82, 2.24) is 15.0 Å². The zero-order valence-electron chi connectivity index (χ0n) is 35.1. The Morgan fingerprint density at radius 1 is 0.246 bits per heavy atom. The maximum Gasteiger partial charge on any atom is 0.167 e. The van der Waals surface area contributed by atoms with Gasteiger partial charge in [0.1, 0.15) is 11.2 Å². The number of furan rings is 1. The molecule has 13 aromatic rings. The summed E-state index contributed by atoms with van der Waals surface area (Å²) in [6, 6.07) is 79.6. The number of rotatable bonds is 6. The van der Waals surface area contributed by atoms with Crippen molar-refractivity contribution in [2.75, 3.05) is 0 Å². The molecule has 13 rings (SSSR count). The van der Waals surface area contributed by atoms with E-state index in [2.05, 4.69) is 170 Å². The molecule has 0 saturated carbocycles. The van der Waals surface area contributed by atoms with Crippen LogP contribution < -0.4 is 0 Å². The average molecular weight is 828 g/mol. The molecule has 2 aromatic heterocycles. The molecule has 0 aliphatic carbocycles. The molecule has 0 bridgehead atoms. The molecule has 11 aromatic carbocycles. The van der Waals surface area contributed by atoms with E-state index in [0.29, 0.717) is 17.5 Å². The standard InChI is InChI=1S/C61H37N3O/c1-3-18-38(19-4-1)42-35-34-39-20-7-8-23-41(39)56(42)57-48-29-13-11-27-46(48)55(47-28-12-14-30-49(47)57)50-36-37-52(44-25-10-9-24-43(44)50)60-62-59(40-21-5-2-6-22-40)63-61(64-60)53-32-17-31-51-45-26-15-16-33-54(45)65-58(51)53/h1-37H. The molecule has 4 heteroatoms. The predicted molar refractivity (Wildman–Crippen MR) is 270 cm³/mol. The van der Waals surface area contributed by atoms with Gasteiger partial charge in [-0.1, -0.05) is 206 Å². The van der Waals surface area contributed by atoms with Crippen LogP contribution in [0.15, 0.2) is 229 Å².